The maximum atomic E-state index is 6.05. The third kappa shape index (κ3) is 2.66. The molecule has 0 aliphatic rings. The van der Waals surface area contributed by atoms with Crippen LogP contribution in [-0.4, -0.2) is 14.4 Å². The van der Waals surface area contributed by atoms with Gasteiger partial charge < -0.3 is 5.73 Å². The second-order valence-corrected chi connectivity index (χ2v) is 5.96. The van der Waals surface area contributed by atoms with E-state index in [9.17, 15) is 0 Å². The summed E-state index contributed by atoms with van der Waals surface area (Å²) in [5, 5.41) is 0.669. The second kappa shape index (κ2) is 6.07. The molecule has 1 aromatic carbocycles. The first kappa shape index (κ1) is 14.9. The molecule has 4 rings (SSSR count). The molecule has 0 spiro atoms. The number of nitrogens with zero attached hydrogens (tertiary/aromatic N) is 3. The molecule has 2 N–H and O–H groups in total. The average molecular weight is 335 g/mol. The molecule has 0 radical (unpaired) electrons. The summed E-state index contributed by atoms with van der Waals surface area (Å²) in [4.78, 5) is 9.09. The Kier molecular flexibility index (Phi) is 3.76. The molecule has 0 aliphatic heterocycles. The van der Waals surface area contributed by atoms with E-state index >= 15 is 0 Å². The topological polar surface area (TPSA) is 56.2 Å². The fourth-order valence-electron chi connectivity index (χ4n) is 2.77. The van der Waals surface area contributed by atoms with Crippen LogP contribution in [0.1, 0.15) is 5.69 Å². The Balaban J connectivity index is 1.91. The Bertz CT molecular complexity index is 1010. The zero-order chi connectivity index (χ0) is 16.5. The van der Waals surface area contributed by atoms with Gasteiger partial charge >= 0.3 is 0 Å². The fourth-order valence-corrected chi connectivity index (χ4v) is 2.92. The number of hydrogen-bond donors (Lipinski definition) is 1. The van der Waals surface area contributed by atoms with Crippen LogP contribution in [0.15, 0.2) is 67.0 Å². The summed E-state index contributed by atoms with van der Waals surface area (Å²) >= 11 is 6.05. The molecule has 4 nitrogen and oxygen atoms in total. The summed E-state index contributed by atoms with van der Waals surface area (Å²) in [7, 11) is 0. The third-order valence-electron chi connectivity index (χ3n) is 3.93. The number of benzene rings is 1. The first-order valence-corrected chi connectivity index (χ1v) is 8.02. The van der Waals surface area contributed by atoms with Gasteiger partial charge in [0.1, 0.15) is 5.65 Å². The summed E-state index contributed by atoms with van der Waals surface area (Å²) in [6, 6.07) is 17.8. The zero-order valence-corrected chi connectivity index (χ0v) is 13.6. The van der Waals surface area contributed by atoms with E-state index in [4.69, 9.17) is 17.3 Å². The molecule has 0 saturated carbocycles. The number of aromatic nitrogens is 3. The van der Waals surface area contributed by atoms with Crippen LogP contribution in [0, 0.1) is 0 Å². The number of fused-ring (bicyclic) bond motifs is 1. The number of halogens is 1. The van der Waals surface area contributed by atoms with Gasteiger partial charge in [-0.1, -0.05) is 41.9 Å². The van der Waals surface area contributed by atoms with Gasteiger partial charge in [0, 0.05) is 35.0 Å². The summed E-state index contributed by atoms with van der Waals surface area (Å²) in [5.74, 6) is 0. The van der Waals surface area contributed by atoms with Crippen LogP contribution in [-0.2, 0) is 6.54 Å². The molecule has 3 heterocycles. The molecule has 3 aromatic heterocycles. The number of rotatable bonds is 3. The van der Waals surface area contributed by atoms with Crippen LogP contribution >= 0.6 is 11.6 Å². The molecule has 0 fully saturated rings. The van der Waals surface area contributed by atoms with Crippen molar-refractivity contribution in [3.05, 3.63) is 77.7 Å². The zero-order valence-electron chi connectivity index (χ0n) is 12.9. The highest BCUT2D eigenvalue weighted by atomic mass is 35.5. The maximum absolute atomic E-state index is 6.05. The van der Waals surface area contributed by atoms with Gasteiger partial charge in [0.25, 0.3) is 0 Å². The normalized spacial score (nSPS) is 11.1. The SMILES string of the molecule is NCc1cc(-c2cnc3cc(Cl)ccn23)cc(-c2ccccc2)n1. The van der Waals surface area contributed by atoms with Gasteiger partial charge in [-0.25, -0.2) is 4.98 Å². The van der Waals surface area contributed by atoms with Crippen LogP contribution < -0.4 is 5.73 Å². The van der Waals surface area contributed by atoms with Crippen molar-refractivity contribution in [2.75, 3.05) is 0 Å². The molecule has 0 atom stereocenters. The van der Waals surface area contributed by atoms with Gasteiger partial charge in [0.15, 0.2) is 0 Å². The monoisotopic (exact) mass is 334 g/mol. The molecule has 0 saturated heterocycles. The van der Waals surface area contributed by atoms with Crippen LogP contribution in [0.3, 0.4) is 0 Å². The van der Waals surface area contributed by atoms with E-state index in [-0.39, 0.29) is 0 Å². The molecule has 0 bridgehead atoms. The molecule has 4 aromatic rings. The standard InChI is InChI=1S/C19H15ClN4/c20-15-6-7-24-18(12-22-19(24)10-15)14-8-16(11-21)23-17(9-14)13-4-2-1-3-5-13/h1-10,12H,11,21H2. The maximum Gasteiger partial charge on any atom is 0.138 e. The summed E-state index contributed by atoms with van der Waals surface area (Å²) in [6.45, 7) is 0.385. The van der Waals surface area contributed by atoms with Crippen molar-refractivity contribution in [1.29, 1.82) is 0 Å². The molecule has 0 unspecified atom stereocenters. The molecule has 5 heteroatoms. The summed E-state index contributed by atoms with van der Waals surface area (Å²) in [5.41, 5.74) is 11.5. The van der Waals surface area contributed by atoms with E-state index < -0.39 is 0 Å². The molecular weight excluding hydrogens is 320 g/mol. The van der Waals surface area contributed by atoms with Gasteiger partial charge in [-0.15, -0.1) is 0 Å². The summed E-state index contributed by atoms with van der Waals surface area (Å²) in [6.07, 6.45) is 3.76. The lowest BCUT2D eigenvalue weighted by Crippen LogP contribution is -2.01. The smallest absolute Gasteiger partial charge is 0.138 e. The number of pyridine rings is 2. The van der Waals surface area contributed by atoms with Gasteiger partial charge in [-0.05, 0) is 18.2 Å². The van der Waals surface area contributed by atoms with Crippen molar-refractivity contribution in [3.8, 4) is 22.5 Å². The average Bonchev–Trinajstić information content (AvgIpc) is 3.05. The largest absolute Gasteiger partial charge is 0.325 e. The number of hydrogen-bond acceptors (Lipinski definition) is 3. The van der Waals surface area contributed by atoms with E-state index in [2.05, 4.69) is 16.0 Å². The molecule has 0 aliphatic carbocycles. The van der Waals surface area contributed by atoms with Crippen LogP contribution in [0.5, 0.6) is 0 Å². The van der Waals surface area contributed by atoms with E-state index in [1.54, 1.807) is 0 Å². The van der Waals surface area contributed by atoms with Gasteiger partial charge in [0.05, 0.1) is 23.3 Å². The van der Waals surface area contributed by atoms with Crippen LogP contribution in [0.25, 0.3) is 28.2 Å². The van der Waals surface area contributed by atoms with E-state index in [0.29, 0.717) is 11.6 Å². The Labute approximate surface area is 144 Å². The minimum atomic E-state index is 0.385. The van der Waals surface area contributed by atoms with Gasteiger partial charge in [-0.2, -0.15) is 0 Å². The number of imidazole rings is 1. The number of nitrogens with two attached hydrogens (primary N) is 1. The molecule has 24 heavy (non-hydrogen) atoms. The van der Waals surface area contributed by atoms with Crippen molar-refractivity contribution >= 4 is 17.2 Å². The van der Waals surface area contributed by atoms with Crippen molar-refractivity contribution in [1.82, 2.24) is 14.4 Å². The van der Waals surface area contributed by atoms with Crippen molar-refractivity contribution < 1.29 is 0 Å². The van der Waals surface area contributed by atoms with Crippen molar-refractivity contribution in [2.24, 2.45) is 5.73 Å². The predicted octanol–water partition coefficient (Wildman–Crippen LogP) is 4.18. The molecular formula is C19H15ClN4. The Hall–Kier alpha value is -2.69. The lowest BCUT2D eigenvalue weighted by atomic mass is 10.1. The van der Waals surface area contributed by atoms with Gasteiger partial charge in [-0.3, -0.25) is 9.38 Å². The molecule has 0 amide bonds. The second-order valence-electron chi connectivity index (χ2n) is 5.52. The first-order valence-electron chi connectivity index (χ1n) is 7.64. The predicted molar refractivity (Wildman–Crippen MR) is 96.8 cm³/mol. The third-order valence-corrected chi connectivity index (χ3v) is 4.16. The lowest BCUT2D eigenvalue weighted by molar-refractivity contribution is 0.993. The highest BCUT2D eigenvalue weighted by molar-refractivity contribution is 6.30. The van der Waals surface area contributed by atoms with E-state index in [0.717, 1.165) is 33.9 Å². The van der Waals surface area contributed by atoms with E-state index in [1.165, 1.54) is 0 Å². The Morgan fingerprint density at radius 1 is 1.00 bits per heavy atom. The van der Waals surface area contributed by atoms with Crippen LogP contribution in [0.2, 0.25) is 5.02 Å². The van der Waals surface area contributed by atoms with Gasteiger partial charge in [0.2, 0.25) is 0 Å². The van der Waals surface area contributed by atoms with Crippen molar-refractivity contribution in [3.63, 3.8) is 0 Å². The minimum Gasteiger partial charge on any atom is -0.325 e. The van der Waals surface area contributed by atoms with E-state index in [1.807, 2.05) is 65.3 Å². The lowest BCUT2D eigenvalue weighted by Gasteiger charge is -2.08. The fraction of sp³-hybridized carbons (Fsp3) is 0.0526. The first-order chi connectivity index (χ1) is 11.7. The van der Waals surface area contributed by atoms with Crippen LogP contribution in [0.4, 0.5) is 0 Å². The Morgan fingerprint density at radius 2 is 1.83 bits per heavy atom. The Morgan fingerprint density at radius 3 is 2.62 bits per heavy atom. The highest BCUT2D eigenvalue weighted by Gasteiger charge is 2.10. The van der Waals surface area contributed by atoms with Crippen molar-refractivity contribution in [2.45, 2.75) is 6.54 Å². The minimum absolute atomic E-state index is 0.385. The summed E-state index contributed by atoms with van der Waals surface area (Å²) < 4.78 is 2.01. The molecule has 118 valence electrons. The quantitative estimate of drug-likeness (QED) is 0.611. The highest BCUT2D eigenvalue weighted by Crippen LogP contribution is 2.27.